The molecule has 0 N–H and O–H groups in total. The Morgan fingerprint density at radius 3 is 2.20 bits per heavy atom. The van der Waals surface area contributed by atoms with E-state index in [9.17, 15) is 0 Å². The molecule has 1 heteroatoms. The third-order valence-corrected chi connectivity index (χ3v) is 2.46. The number of hydrogen-bond acceptors (Lipinski definition) is 0. The number of unbranched alkanes of at least 4 members (excludes halogenated alkanes) is 4. The standard InChI is InChI=1S/C9H22Si/c1-3-4-5-6-7-8-9(2)10/h9H,3-8H2,1-2,10H3. The lowest BCUT2D eigenvalue weighted by atomic mass is 10.1. The van der Waals surface area contributed by atoms with Crippen molar-refractivity contribution in [1.82, 2.24) is 0 Å². The van der Waals surface area contributed by atoms with E-state index < -0.39 is 0 Å². The Kier molecular flexibility index (Phi) is 7.48. The Morgan fingerprint density at radius 2 is 1.70 bits per heavy atom. The molecule has 1 unspecified atom stereocenters. The van der Waals surface area contributed by atoms with Crippen molar-refractivity contribution in [2.24, 2.45) is 0 Å². The molecule has 0 rings (SSSR count). The van der Waals surface area contributed by atoms with Crippen molar-refractivity contribution >= 4 is 10.2 Å². The normalized spacial score (nSPS) is 13.8. The third-order valence-electron chi connectivity index (χ3n) is 1.89. The minimum atomic E-state index is 1.04. The summed E-state index contributed by atoms with van der Waals surface area (Å²) in [5, 5.41) is 0. The summed E-state index contributed by atoms with van der Waals surface area (Å²) in [6.07, 6.45) is 8.71. The molecule has 0 aromatic carbocycles. The van der Waals surface area contributed by atoms with Gasteiger partial charge in [-0.3, -0.25) is 0 Å². The van der Waals surface area contributed by atoms with E-state index in [4.69, 9.17) is 0 Å². The van der Waals surface area contributed by atoms with Gasteiger partial charge in [-0.2, -0.15) is 0 Å². The second kappa shape index (κ2) is 7.33. The lowest BCUT2D eigenvalue weighted by molar-refractivity contribution is 0.602. The third kappa shape index (κ3) is 8.22. The molecular formula is C9H22Si. The average Bonchev–Trinajstić information content (AvgIpc) is 1.87. The molecule has 0 aliphatic heterocycles. The maximum Gasteiger partial charge on any atom is 0.00637 e. The fourth-order valence-corrected chi connectivity index (χ4v) is 1.56. The number of hydrogen-bond donors (Lipinski definition) is 0. The molecule has 0 heterocycles. The SMILES string of the molecule is CCCCCCCC(C)[SiH3]. The summed E-state index contributed by atoms with van der Waals surface area (Å²) in [4.78, 5) is 0. The minimum Gasteiger partial charge on any atom is -0.0658 e. The highest BCUT2D eigenvalue weighted by Crippen LogP contribution is 2.11. The summed E-state index contributed by atoms with van der Waals surface area (Å²) >= 11 is 0. The molecule has 0 bridgehead atoms. The van der Waals surface area contributed by atoms with Crippen LogP contribution in [0.2, 0.25) is 5.54 Å². The summed E-state index contributed by atoms with van der Waals surface area (Å²) in [6, 6.07) is 0. The summed E-state index contributed by atoms with van der Waals surface area (Å²) in [5.74, 6) is 0. The van der Waals surface area contributed by atoms with E-state index in [2.05, 4.69) is 13.8 Å². The smallest absolute Gasteiger partial charge is 0.00637 e. The first-order valence-corrected chi connectivity index (χ1v) is 5.92. The molecule has 0 aliphatic carbocycles. The molecule has 0 fully saturated rings. The summed E-state index contributed by atoms with van der Waals surface area (Å²) < 4.78 is 0. The zero-order valence-electron chi connectivity index (χ0n) is 7.82. The van der Waals surface area contributed by atoms with Gasteiger partial charge in [-0.15, -0.1) is 0 Å². The molecule has 0 saturated carbocycles. The van der Waals surface area contributed by atoms with Gasteiger partial charge in [0.15, 0.2) is 0 Å². The monoisotopic (exact) mass is 158 g/mol. The van der Waals surface area contributed by atoms with Gasteiger partial charge in [-0.25, -0.2) is 0 Å². The van der Waals surface area contributed by atoms with Gasteiger partial charge in [0, 0.05) is 10.2 Å². The van der Waals surface area contributed by atoms with Crippen LogP contribution in [0.15, 0.2) is 0 Å². The van der Waals surface area contributed by atoms with Crippen molar-refractivity contribution in [3.05, 3.63) is 0 Å². The molecule has 0 aliphatic rings. The van der Waals surface area contributed by atoms with Crippen LogP contribution in [-0.4, -0.2) is 10.2 Å². The van der Waals surface area contributed by atoms with E-state index in [1.807, 2.05) is 0 Å². The summed E-state index contributed by atoms with van der Waals surface area (Å²) in [7, 11) is 1.39. The van der Waals surface area contributed by atoms with Crippen LogP contribution in [0, 0.1) is 0 Å². The van der Waals surface area contributed by atoms with E-state index in [0.29, 0.717) is 0 Å². The largest absolute Gasteiger partial charge is 0.0658 e. The van der Waals surface area contributed by atoms with Crippen LogP contribution in [0.4, 0.5) is 0 Å². The van der Waals surface area contributed by atoms with Gasteiger partial charge in [-0.1, -0.05) is 57.9 Å². The zero-order chi connectivity index (χ0) is 7.82. The van der Waals surface area contributed by atoms with Gasteiger partial charge in [0.1, 0.15) is 0 Å². The van der Waals surface area contributed by atoms with Gasteiger partial charge in [0.2, 0.25) is 0 Å². The molecule has 0 amide bonds. The molecule has 62 valence electrons. The first-order chi connectivity index (χ1) is 4.77. The summed E-state index contributed by atoms with van der Waals surface area (Å²) in [6.45, 7) is 4.64. The maximum atomic E-state index is 2.37. The quantitative estimate of drug-likeness (QED) is 0.412. The van der Waals surface area contributed by atoms with Crippen molar-refractivity contribution < 1.29 is 0 Å². The average molecular weight is 158 g/mol. The molecule has 0 nitrogen and oxygen atoms in total. The highest BCUT2D eigenvalue weighted by molar-refractivity contribution is 6.11. The Bertz CT molecular complexity index is 59.7. The van der Waals surface area contributed by atoms with Crippen LogP contribution in [-0.2, 0) is 0 Å². The second-order valence-corrected chi connectivity index (χ2v) is 5.57. The van der Waals surface area contributed by atoms with E-state index in [1.54, 1.807) is 0 Å². The van der Waals surface area contributed by atoms with Gasteiger partial charge in [0.25, 0.3) is 0 Å². The van der Waals surface area contributed by atoms with Crippen LogP contribution in [0.5, 0.6) is 0 Å². The topological polar surface area (TPSA) is 0 Å². The minimum absolute atomic E-state index is 1.04. The van der Waals surface area contributed by atoms with Crippen LogP contribution < -0.4 is 0 Å². The van der Waals surface area contributed by atoms with Crippen molar-refractivity contribution in [2.75, 3.05) is 0 Å². The maximum absolute atomic E-state index is 2.37. The molecule has 0 saturated heterocycles. The predicted molar refractivity (Wildman–Crippen MR) is 52.7 cm³/mol. The highest BCUT2D eigenvalue weighted by atomic mass is 28.1. The Labute approximate surface area is 68.8 Å². The Balaban J connectivity index is 2.77. The fourth-order valence-electron chi connectivity index (χ4n) is 1.16. The zero-order valence-corrected chi connectivity index (χ0v) is 9.82. The molecule has 0 spiro atoms. The van der Waals surface area contributed by atoms with E-state index in [0.717, 1.165) is 5.54 Å². The molecule has 10 heavy (non-hydrogen) atoms. The first kappa shape index (κ1) is 10.2. The highest BCUT2D eigenvalue weighted by Gasteiger charge is 1.92. The van der Waals surface area contributed by atoms with Crippen LogP contribution in [0.1, 0.15) is 52.4 Å². The van der Waals surface area contributed by atoms with Gasteiger partial charge in [-0.05, 0) is 0 Å². The first-order valence-electron chi connectivity index (χ1n) is 4.77. The van der Waals surface area contributed by atoms with Crippen molar-refractivity contribution in [3.63, 3.8) is 0 Å². The van der Waals surface area contributed by atoms with E-state index in [-0.39, 0.29) is 0 Å². The van der Waals surface area contributed by atoms with Gasteiger partial charge >= 0.3 is 0 Å². The predicted octanol–water partition coefficient (Wildman–Crippen LogP) is 2.52. The Morgan fingerprint density at radius 1 is 1.10 bits per heavy atom. The summed E-state index contributed by atoms with van der Waals surface area (Å²) in [5.41, 5.74) is 1.04. The number of rotatable bonds is 6. The van der Waals surface area contributed by atoms with Crippen LogP contribution in [0.25, 0.3) is 0 Å². The van der Waals surface area contributed by atoms with E-state index in [1.165, 1.54) is 48.8 Å². The molecule has 0 radical (unpaired) electrons. The van der Waals surface area contributed by atoms with Gasteiger partial charge in [0.05, 0.1) is 0 Å². The lowest BCUT2D eigenvalue weighted by Crippen LogP contribution is -1.85. The van der Waals surface area contributed by atoms with Crippen molar-refractivity contribution in [1.29, 1.82) is 0 Å². The molecular weight excluding hydrogens is 136 g/mol. The van der Waals surface area contributed by atoms with Crippen LogP contribution >= 0.6 is 0 Å². The van der Waals surface area contributed by atoms with Crippen molar-refractivity contribution in [2.45, 2.75) is 57.9 Å². The molecule has 0 aromatic rings. The van der Waals surface area contributed by atoms with E-state index >= 15 is 0 Å². The second-order valence-electron chi connectivity index (χ2n) is 3.60. The van der Waals surface area contributed by atoms with Crippen LogP contribution in [0.3, 0.4) is 0 Å². The van der Waals surface area contributed by atoms with Crippen molar-refractivity contribution in [3.8, 4) is 0 Å². The molecule has 1 atom stereocenters. The lowest BCUT2D eigenvalue weighted by Gasteiger charge is -2.02. The van der Waals surface area contributed by atoms with Gasteiger partial charge < -0.3 is 0 Å². The Hall–Kier alpha value is 0.217. The molecule has 0 aromatic heterocycles. The fraction of sp³-hybridized carbons (Fsp3) is 1.00.